The Labute approximate surface area is 211 Å². The van der Waals surface area contributed by atoms with Crippen molar-refractivity contribution in [3.63, 3.8) is 0 Å². The van der Waals surface area contributed by atoms with Crippen molar-refractivity contribution >= 4 is 23.4 Å². The molecule has 1 atom stereocenters. The fourth-order valence-corrected chi connectivity index (χ4v) is 3.96. The average molecular weight is 495 g/mol. The molecule has 7 heteroatoms. The maximum Gasteiger partial charge on any atom is 0.242 e. The molecule has 0 spiro atoms. The zero-order chi connectivity index (χ0) is 25.0. The molecule has 0 aliphatic rings. The minimum absolute atomic E-state index is 0.132. The lowest BCUT2D eigenvalue weighted by Crippen LogP contribution is -2.49. The van der Waals surface area contributed by atoms with Gasteiger partial charge in [0.15, 0.2) is 0 Å². The zero-order valence-corrected chi connectivity index (χ0v) is 20.8. The third kappa shape index (κ3) is 7.76. The van der Waals surface area contributed by atoms with Crippen molar-refractivity contribution in [1.29, 1.82) is 0 Å². The van der Waals surface area contributed by atoms with Gasteiger partial charge in [-0.1, -0.05) is 60.1 Å². The Hall–Kier alpha value is -3.51. The highest BCUT2D eigenvalue weighted by atomic mass is 35.5. The molecule has 6 nitrogen and oxygen atoms in total. The van der Waals surface area contributed by atoms with E-state index in [2.05, 4.69) is 5.32 Å². The number of carbonyl (C=O) groups is 2. The van der Waals surface area contributed by atoms with Crippen LogP contribution in [0.15, 0.2) is 78.9 Å². The molecule has 0 aliphatic carbocycles. The van der Waals surface area contributed by atoms with E-state index >= 15 is 0 Å². The van der Waals surface area contributed by atoms with Crippen LogP contribution in [0.1, 0.15) is 24.0 Å². The molecule has 3 aromatic rings. The molecule has 3 rings (SSSR count). The summed E-state index contributed by atoms with van der Waals surface area (Å²) in [5.41, 5.74) is 1.76. The number of carbonyl (C=O) groups excluding carboxylic acids is 2. The first-order chi connectivity index (χ1) is 17.0. The Morgan fingerprint density at radius 3 is 2.26 bits per heavy atom. The van der Waals surface area contributed by atoms with E-state index in [1.54, 1.807) is 25.1 Å². The van der Waals surface area contributed by atoms with Gasteiger partial charge < -0.3 is 19.7 Å². The van der Waals surface area contributed by atoms with Gasteiger partial charge in [-0.15, -0.1) is 0 Å². The van der Waals surface area contributed by atoms with E-state index in [1.165, 1.54) is 0 Å². The summed E-state index contributed by atoms with van der Waals surface area (Å²) in [6.07, 6.45) is 1.15. The van der Waals surface area contributed by atoms with E-state index in [0.717, 1.165) is 16.9 Å². The molecule has 0 aromatic heterocycles. The van der Waals surface area contributed by atoms with Crippen LogP contribution < -0.4 is 14.8 Å². The number of benzene rings is 3. The van der Waals surface area contributed by atoms with Gasteiger partial charge in [0.25, 0.3) is 0 Å². The molecule has 2 amide bonds. The number of halogens is 1. The van der Waals surface area contributed by atoms with Crippen LogP contribution in [0.5, 0.6) is 11.5 Å². The summed E-state index contributed by atoms with van der Waals surface area (Å²) in [4.78, 5) is 28.0. The largest absolute Gasteiger partial charge is 0.497 e. The Morgan fingerprint density at radius 1 is 0.943 bits per heavy atom. The summed E-state index contributed by atoms with van der Waals surface area (Å²) < 4.78 is 10.9. The van der Waals surface area contributed by atoms with Crippen molar-refractivity contribution in [2.45, 2.75) is 31.8 Å². The zero-order valence-electron chi connectivity index (χ0n) is 20.1. The number of nitrogens with zero attached hydrogens (tertiary/aromatic N) is 1. The second-order valence-electron chi connectivity index (χ2n) is 8.06. The van der Waals surface area contributed by atoms with Crippen LogP contribution >= 0.6 is 11.6 Å². The molecule has 3 aromatic carbocycles. The van der Waals surface area contributed by atoms with Gasteiger partial charge in [0.1, 0.15) is 17.5 Å². The Bertz CT molecular complexity index is 1090. The van der Waals surface area contributed by atoms with Gasteiger partial charge in [-0.05, 0) is 47.9 Å². The molecule has 184 valence electrons. The highest BCUT2D eigenvalue weighted by Crippen LogP contribution is 2.22. The average Bonchev–Trinajstić information content (AvgIpc) is 2.90. The van der Waals surface area contributed by atoms with Crippen LogP contribution in [-0.4, -0.2) is 43.5 Å². The van der Waals surface area contributed by atoms with Gasteiger partial charge >= 0.3 is 0 Å². The first kappa shape index (κ1) is 26.1. The van der Waals surface area contributed by atoms with E-state index in [0.29, 0.717) is 30.2 Å². The fourth-order valence-electron chi connectivity index (χ4n) is 3.76. The van der Waals surface area contributed by atoms with Crippen LogP contribution in [0.4, 0.5) is 0 Å². The van der Waals surface area contributed by atoms with Crippen molar-refractivity contribution in [3.8, 4) is 11.5 Å². The number of methoxy groups -OCH3 is 1. The molecule has 1 unspecified atom stereocenters. The molecular weight excluding hydrogens is 464 g/mol. The SMILES string of the molecule is CNC(=O)C(Cc1ccccc1)N(Cc1ccccc1Cl)C(=O)CCCOc1ccc(OC)cc1. The maximum atomic E-state index is 13.4. The Kier molecular flexibility index (Phi) is 9.99. The smallest absolute Gasteiger partial charge is 0.242 e. The maximum absolute atomic E-state index is 13.4. The quantitative estimate of drug-likeness (QED) is 0.364. The van der Waals surface area contributed by atoms with Crippen molar-refractivity contribution in [3.05, 3.63) is 95.0 Å². The summed E-state index contributed by atoms with van der Waals surface area (Å²) in [5.74, 6) is 1.11. The number of hydrogen-bond acceptors (Lipinski definition) is 4. The van der Waals surface area contributed by atoms with Gasteiger partial charge in [0.05, 0.1) is 13.7 Å². The number of likely N-dealkylation sites (N-methyl/N-ethyl adjacent to an activating group) is 1. The molecule has 0 saturated heterocycles. The minimum Gasteiger partial charge on any atom is -0.497 e. The predicted octanol–water partition coefficient (Wildman–Crippen LogP) is 4.89. The van der Waals surface area contributed by atoms with Crippen LogP contribution in [-0.2, 0) is 22.6 Å². The first-order valence-electron chi connectivity index (χ1n) is 11.6. The van der Waals surface area contributed by atoms with Gasteiger partial charge in [0, 0.05) is 31.5 Å². The standard InChI is InChI=1S/C28H31ClN2O4/c1-30-28(33)26(19-21-9-4-3-5-10-21)31(20-22-11-6-7-12-25(22)29)27(32)13-8-18-35-24-16-14-23(34-2)15-17-24/h3-7,9-12,14-17,26H,8,13,18-20H2,1-2H3,(H,30,33). The molecule has 0 bridgehead atoms. The number of nitrogens with one attached hydrogen (secondary N) is 1. The van der Waals surface area contributed by atoms with Gasteiger partial charge in [0.2, 0.25) is 11.8 Å². The van der Waals surface area contributed by atoms with Gasteiger partial charge in [-0.2, -0.15) is 0 Å². The lowest BCUT2D eigenvalue weighted by molar-refractivity contribution is -0.141. The third-order valence-corrected chi connectivity index (χ3v) is 6.05. The van der Waals surface area contributed by atoms with Crippen molar-refractivity contribution in [1.82, 2.24) is 10.2 Å². The van der Waals surface area contributed by atoms with Crippen molar-refractivity contribution < 1.29 is 19.1 Å². The third-order valence-electron chi connectivity index (χ3n) is 5.68. The van der Waals surface area contributed by atoms with E-state index in [1.807, 2.05) is 72.8 Å². The Morgan fingerprint density at radius 2 is 1.60 bits per heavy atom. The molecular formula is C28H31ClN2O4. The Balaban J connectivity index is 1.73. The van der Waals surface area contributed by atoms with Crippen LogP contribution in [0.2, 0.25) is 5.02 Å². The molecule has 1 N–H and O–H groups in total. The predicted molar refractivity (Wildman–Crippen MR) is 138 cm³/mol. The van der Waals surface area contributed by atoms with Crippen molar-refractivity contribution in [2.24, 2.45) is 0 Å². The summed E-state index contributed by atoms with van der Waals surface area (Å²) >= 11 is 6.40. The molecule has 0 saturated carbocycles. The first-order valence-corrected chi connectivity index (χ1v) is 11.9. The number of amides is 2. The molecule has 0 heterocycles. The summed E-state index contributed by atoms with van der Waals surface area (Å²) in [7, 11) is 3.20. The van der Waals surface area contributed by atoms with Gasteiger partial charge in [-0.3, -0.25) is 9.59 Å². The summed E-state index contributed by atoms with van der Waals surface area (Å²) in [6, 6.07) is 23.7. The van der Waals surface area contributed by atoms with E-state index in [-0.39, 0.29) is 24.8 Å². The minimum atomic E-state index is -0.673. The molecule has 0 fully saturated rings. The van der Waals surface area contributed by atoms with Crippen LogP contribution in [0.3, 0.4) is 0 Å². The second kappa shape index (κ2) is 13.4. The molecule has 35 heavy (non-hydrogen) atoms. The fraction of sp³-hybridized carbons (Fsp3) is 0.286. The second-order valence-corrected chi connectivity index (χ2v) is 8.47. The van der Waals surface area contributed by atoms with Crippen LogP contribution in [0.25, 0.3) is 0 Å². The van der Waals surface area contributed by atoms with Crippen molar-refractivity contribution in [2.75, 3.05) is 20.8 Å². The lowest BCUT2D eigenvalue weighted by Gasteiger charge is -2.31. The number of ether oxygens (including phenoxy) is 2. The van der Waals surface area contributed by atoms with Gasteiger partial charge in [-0.25, -0.2) is 0 Å². The monoisotopic (exact) mass is 494 g/mol. The van der Waals surface area contributed by atoms with E-state index < -0.39 is 6.04 Å². The lowest BCUT2D eigenvalue weighted by atomic mass is 10.0. The van der Waals surface area contributed by atoms with E-state index in [9.17, 15) is 9.59 Å². The highest BCUT2D eigenvalue weighted by molar-refractivity contribution is 6.31. The van der Waals surface area contributed by atoms with E-state index in [4.69, 9.17) is 21.1 Å². The van der Waals surface area contributed by atoms with Crippen LogP contribution in [0, 0.1) is 0 Å². The highest BCUT2D eigenvalue weighted by Gasteiger charge is 2.29. The number of rotatable bonds is 12. The summed E-state index contributed by atoms with van der Waals surface area (Å²) in [6.45, 7) is 0.615. The summed E-state index contributed by atoms with van der Waals surface area (Å²) in [5, 5.41) is 3.28. The number of hydrogen-bond donors (Lipinski definition) is 1. The molecule has 0 radical (unpaired) electrons. The normalized spacial score (nSPS) is 11.4. The molecule has 0 aliphatic heterocycles. The topological polar surface area (TPSA) is 67.9 Å².